The van der Waals surface area contributed by atoms with Crippen molar-refractivity contribution in [2.24, 2.45) is 58.0 Å². The molecule has 10 atom stereocenters. The summed E-state index contributed by atoms with van der Waals surface area (Å²) in [6, 6.07) is -0.734. The molecule has 3 N–H and O–H groups in total. The van der Waals surface area contributed by atoms with Gasteiger partial charge in [0.2, 0.25) is 0 Å². The lowest BCUT2D eigenvalue weighted by molar-refractivity contribution is -0.168. The van der Waals surface area contributed by atoms with Crippen LogP contribution in [0.15, 0.2) is 0 Å². The summed E-state index contributed by atoms with van der Waals surface area (Å²) >= 11 is 0. The molecule has 4 aliphatic carbocycles. The Morgan fingerprint density at radius 1 is 0.900 bits per heavy atom. The lowest BCUT2D eigenvalue weighted by Gasteiger charge is -2.61. The number of carboxylic acids is 1. The molecule has 0 saturated heterocycles. The zero-order valence-corrected chi connectivity index (χ0v) is 25.5. The van der Waals surface area contributed by atoms with Crippen LogP contribution in [0.4, 0.5) is 0 Å². The number of carbonyl (C=O) groups excluding carboxylic acids is 3. The number of ketones is 2. The lowest BCUT2D eigenvalue weighted by atomic mass is 9.44. The molecule has 4 saturated carbocycles. The molecule has 0 bridgehead atoms. The molecule has 4 aliphatic rings. The minimum atomic E-state index is -1.03. The largest absolute Gasteiger partial charge is 0.481 e. The topological polar surface area (TPSA) is 124 Å². The Morgan fingerprint density at radius 3 is 2.23 bits per heavy atom. The molecule has 0 aromatic rings. The number of esters is 1. The number of fused-ring (bicyclic) bond motifs is 5. The third kappa shape index (κ3) is 6.34. The van der Waals surface area contributed by atoms with E-state index in [2.05, 4.69) is 13.8 Å². The maximum Gasteiger partial charge on any atom is 0.309 e. The summed E-state index contributed by atoms with van der Waals surface area (Å²) in [7, 11) is 0. The third-order valence-electron chi connectivity index (χ3n) is 11.9. The highest BCUT2D eigenvalue weighted by molar-refractivity contribution is 5.85. The number of nitrogens with two attached hydrogens (primary N) is 1. The van der Waals surface area contributed by atoms with E-state index >= 15 is 0 Å². The van der Waals surface area contributed by atoms with Gasteiger partial charge in [-0.15, -0.1) is 0 Å². The molecular formula is C33H53NO6. The molecule has 226 valence electrons. The van der Waals surface area contributed by atoms with Crippen molar-refractivity contribution in [2.75, 3.05) is 0 Å². The molecular weight excluding hydrogens is 506 g/mol. The number of hydrogen-bond donors (Lipinski definition) is 2. The van der Waals surface area contributed by atoms with Crippen molar-refractivity contribution in [3.8, 4) is 0 Å². The van der Waals surface area contributed by atoms with Gasteiger partial charge in [-0.25, -0.2) is 0 Å². The zero-order valence-electron chi connectivity index (χ0n) is 25.5. The summed E-state index contributed by atoms with van der Waals surface area (Å²) in [6.07, 6.45) is 10.1. The van der Waals surface area contributed by atoms with E-state index in [0.717, 1.165) is 32.1 Å². The molecule has 7 nitrogen and oxygen atoms in total. The molecule has 7 heteroatoms. The van der Waals surface area contributed by atoms with Crippen LogP contribution in [0, 0.1) is 52.3 Å². The second-order valence-corrected chi connectivity index (χ2v) is 14.9. The van der Waals surface area contributed by atoms with Gasteiger partial charge in [0.1, 0.15) is 17.7 Å². The van der Waals surface area contributed by atoms with Crippen molar-refractivity contribution in [1.29, 1.82) is 0 Å². The Kier molecular flexibility index (Phi) is 9.53. The molecule has 0 amide bonds. The molecule has 0 aromatic heterocycles. The van der Waals surface area contributed by atoms with Crippen molar-refractivity contribution < 1.29 is 29.0 Å². The highest BCUT2D eigenvalue weighted by Gasteiger charge is 2.61. The summed E-state index contributed by atoms with van der Waals surface area (Å²) in [5.74, 6) is 1.44. The molecule has 40 heavy (non-hydrogen) atoms. The Bertz CT molecular complexity index is 978. The van der Waals surface area contributed by atoms with Crippen molar-refractivity contribution in [3.63, 3.8) is 0 Å². The standard InChI is InChI=1S/C33H53NO6/c1-19(2)14-21(15-24(36)17-23(34)18-30(37)38)31(39)40-25-10-12-32(4)22(16-25)6-7-26-28-9-8-27(20(3)35)33(28,5)13-11-29(26)32/h19,21-23,25-29H,6-18,34H2,1-5H3,(H,37,38)/t21-,22+,23+,25-,26+,27-,28+,29+,32+,33-/m1/s1. The predicted octanol–water partition coefficient (Wildman–Crippen LogP) is 5.96. The van der Waals surface area contributed by atoms with Crippen molar-refractivity contribution in [2.45, 2.75) is 130 Å². The van der Waals surface area contributed by atoms with Crippen molar-refractivity contribution >= 4 is 23.5 Å². The zero-order chi connectivity index (χ0) is 29.4. The number of Topliss-reactive ketones (excluding diaryl/α,β-unsaturated/α-hetero) is 2. The number of carboxylic acid groups (broad SMARTS) is 1. The molecule has 0 heterocycles. The van der Waals surface area contributed by atoms with Crippen LogP contribution in [0.1, 0.15) is 118 Å². The van der Waals surface area contributed by atoms with Gasteiger partial charge in [-0.3, -0.25) is 19.2 Å². The van der Waals surface area contributed by atoms with Gasteiger partial charge < -0.3 is 15.6 Å². The van der Waals surface area contributed by atoms with Crippen LogP contribution in [-0.2, 0) is 23.9 Å². The number of hydrogen-bond acceptors (Lipinski definition) is 6. The van der Waals surface area contributed by atoms with Crippen LogP contribution in [0.3, 0.4) is 0 Å². The van der Waals surface area contributed by atoms with E-state index in [1.54, 1.807) is 6.92 Å². The van der Waals surface area contributed by atoms with Gasteiger partial charge in [-0.05, 0) is 112 Å². The molecule has 0 radical (unpaired) electrons. The second-order valence-electron chi connectivity index (χ2n) is 14.9. The highest BCUT2D eigenvalue weighted by Crippen LogP contribution is 2.67. The first-order chi connectivity index (χ1) is 18.7. The van der Waals surface area contributed by atoms with E-state index in [-0.39, 0.29) is 59.8 Å². The fourth-order valence-corrected chi connectivity index (χ4v) is 10.0. The second kappa shape index (κ2) is 12.2. The summed E-state index contributed by atoms with van der Waals surface area (Å²) in [4.78, 5) is 49.3. The quantitative estimate of drug-likeness (QED) is 0.299. The summed E-state index contributed by atoms with van der Waals surface area (Å²) < 4.78 is 6.13. The summed E-state index contributed by atoms with van der Waals surface area (Å²) in [6.45, 7) is 10.7. The van der Waals surface area contributed by atoms with Gasteiger partial charge in [0.15, 0.2) is 0 Å². The van der Waals surface area contributed by atoms with Gasteiger partial charge in [-0.1, -0.05) is 27.7 Å². The van der Waals surface area contributed by atoms with Gasteiger partial charge in [0.05, 0.1) is 12.3 Å². The number of ether oxygens (including phenoxy) is 1. The maximum absolute atomic E-state index is 13.3. The third-order valence-corrected chi connectivity index (χ3v) is 11.9. The molecule has 4 fully saturated rings. The number of aliphatic carboxylic acids is 1. The first-order valence-corrected chi connectivity index (χ1v) is 15.9. The average molecular weight is 560 g/mol. The Labute approximate surface area is 240 Å². The summed E-state index contributed by atoms with van der Waals surface area (Å²) in [5, 5.41) is 8.94. The maximum atomic E-state index is 13.3. The van der Waals surface area contributed by atoms with Gasteiger partial charge in [-0.2, -0.15) is 0 Å². The Balaban J connectivity index is 1.36. The van der Waals surface area contributed by atoms with Crippen LogP contribution >= 0.6 is 0 Å². The summed E-state index contributed by atoms with van der Waals surface area (Å²) in [5.41, 5.74) is 6.25. The van der Waals surface area contributed by atoms with Crippen LogP contribution in [0.25, 0.3) is 0 Å². The van der Waals surface area contributed by atoms with Crippen molar-refractivity contribution in [3.05, 3.63) is 0 Å². The van der Waals surface area contributed by atoms with Crippen LogP contribution in [-0.4, -0.2) is 40.8 Å². The van der Waals surface area contributed by atoms with Crippen LogP contribution < -0.4 is 5.73 Å². The van der Waals surface area contributed by atoms with E-state index < -0.39 is 17.9 Å². The fraction of sp³-hybridized carbons (Fsp3) is 0.879. The normalized spacial score (nSPS) is 38.5. The molecule has 0 unspecified atom stereocenters. The smallest absolute Gasteiger partial charge is 0.309 e. The molecule has 0 spiro atoms. The molecule has 4 rings (SSSR count). The van der Waals surface area contributed by atoms with E-state index in [1.807, 2.05) is 13.8 Å². The van der Waals surface area contributed by atoms with Crippen LogP contribution in [0.5, 0.6) is 0 Å². The fourth-order valence-electron chi connectivity index (χ4n) is 10.0. The molecule has 0 aliphatic heterocycles. The first kappa shape index (κ1) is 31.2. The van der Waals surface area contributed by atoms with Crippen molar-refractivity contribution in [1.82, 2.24) is 0 Å². The SMILES string of the molecule is CC(=O)[C@H]1CC[C@H]2[C@@H]3CC[C@H]4C[C@H](OC(=O)[C@@H](CC(=O)C[C@H](N)CC(=O)O)CC(C)C)CC[C@]4(C)[C@H]3CC[C@]12C. The first-order valence-electron chi connectivity index (χ1n) is 15.9. The lowest BCUT2D eigenvalue weighted by Crippen LogP contribution is -2.54. The van der Waals surface area contributed by atoms with E-state index in [9.17, 15) is 19.2 Å². The van der Waals surface area contributed by atoms with E-state index in [1.165, 1.54) is 25.7 Å². The predicted molar refractivity (Wildman–Crippen MR) is 153 cm³/mol. The van der Waals surface area contributed by atoms with Gasteiger partial charge in [0, 0.05) is 24.8 Å². The Hall–Kier alpha value is -1.76. The minimum Gasteiger partial charge on any atom is -0.481 e. The monoisotopic (exact) mass is 559 g/mol. The van der Waals surface area contributed by atoms with E-state index in [4.69, 9.17) is 15.6 Å². The minimum absolute atomic E-state index is 0.0339. The highest BCUT2D eigenvalue weighted by atomic mass is 16.5. The van der Waals surface area contributed by atoms with E-state index in [0.29, 0.717) is 35.9 Å². The molecule has 0 aromatic carbocycles. The van der Waals surface area contributed by atoms with Crippen LogP contribution in [0.2, 0.25) is 0 Å². The number of rotatable bonds is 11. The number of carbonyl (C=O) groups is 4. The Morgan fingerprint density at radius 2 is 1.57 bits per heavy atom. The van der Waals surface area contributed by atoms with Gasteiger partial charge >= 0.3 is 11.9 Å². The average Bonchev–Trinajstić information content (AvgIpc) is 3.20. The van der Waals surface area contributed by atoms with Gasteiger partial charge in [0.25, 0.3) is 0 Å².